The summed E-state index contributed by atoms with van der Waals surface area (Å²) in [7, 11) is 0. The summed E-state index contributed by atoms with van der Waals surface area (Å²) in [6, 6.07) is 12.0. The quantitative estimate of drug-likeness (QED) is 0.302. The molecule has 0 unspecified atom stereocenters. The molecule has 10 heteroatoms. The number of rotatable bonds is 6. The lowest BCUT2D eigenvalue weighted by atomic mass is 9.87. The van der Waals surface area contributed by atoms with Crippen LogP contribution < -0.4 is 15.4 Å². The second kappa shape index (κ2) is 13.6. The third kappa shape index (κ3) is 8.35. The minimum absolute atomic E-state index is 0.0277. The first-order valence-corrected chi connectivity index (χ1v) is 14.2. The zero-order chi connectivity index (χ0) is 30.4. The van der Waals surface area contributed by atoms with Gasteiger partial charge in [-0.2, -0.15) is 13.2 Å². The van der Waals surface area contributed by atoms with Gasteiger partial charge in [-0.15, -0.1) is 0 Å². The van der Waals surface area contributed by atoms with Crippen LogP contribution in [-0.2, 0) is 11.3 Å². The van der Waals surface area contributed by atoms with Crippen LogP contribution >= 0.6 is 11.6 Å². The van der Waals surface area contributed by atoms with Crippen LogP contribution in [0.3, 0.4) is 0 Å². The average molecular weight is 592 g/mol. The molecule has 4 rings (SSSR count). The highest BCUT2D eigenvalue weighted by Gasteiger charge is 2.41. The van der Waals surface area contributed by atoms with Gasteiger partial charge in [-0.3, -0.25) is 9.59 Å². The molecule has 1 fully saturated rings. The fourth-order valence-electron chi connectivity index (χ4n) is 4.54. The molecule has 0 bridgehead atoms. The molecular formula is C31H37ClF3N3O3. The number of alkyl halides is 3. The average Bonchev–Trinajstić information content (AvgIpc) is 2.93. The highest BCUT2D eigenvalue weighted by molar-refractivity contribution is 6.34. The van der Waals surface area contributed by atoms with Crippen LogP contribution in [0.15, 0.2) is 48.7 Å². The molecule has 1 aromatic heterocycles. The van der Waals surface area contributed by atoms with Gasteiger partial charge in [0.15, 0.2) is 0 Å². The third-order valence-electron chi connectivity index (χ3n) is 6.84. The van der Waals surface area contributed by atoms with Crippen molar-refractivity contribution in [3.63, 3.8) is 0 Å². The van der Waals surface area contributed by atoms with Crippen molar-refractivity contribution in [2.24, 2.45) is 11.3 Å². The summed E-state index contributed by atoms with van der Waals surface area (Å²) in [5.74, 6) is -1.52. The number of amides is 2. The van der Waals surface area contributed by atoms with E-state index in [0.29, 0.717) is 35.2 Å². The highest BCUT2D eigenvalue weighted by Crippen LogP contribution is 2.39. The smallest absolute Gasteiger partial charge is 0.391 e. The van der Waals surface area contributed by atoms with Crippen molar-refractivity contribution in [2.75, 3.05) is 5.32 Å². The molecule has 1 aliphatic carbocycles. The van der Waals surface area contributed by atoms with E-state index in [1.165, 1.54) is 0 Å². The van der Waals surface area contributed by atoms with Crippen LogP contribution in [0.4, 0.5) is 18.9 Å². The number of nitrogens with one attached hydrogen (secondary N) is 2. The van der Waals surface area contributed by atoms with E-state index in [1.54, 1.807) is 48.7 Å². The van der Waals surface area contributed by atoms with Gasteiger partial charge in [0.2, 0.25) is 11.8 Å². The van der Waals surface area contributed by atoms with Crippen LogP contribution in [-0.4, -0.2) is 29.1 Å². The second-order valence-corrected chi connectivity index (χ2v) is 11.3. The molecular weight excluding hydrogens is 555 g/mol. The lowest BCUT2D eigenvalue weighted by Gasteiger charge is -2.30. The maximum absolute atomic E-state index is 13.2. The summed E-state index contributed by atoms with van der Waals surface area (Å²) in [6.45, 7) is 9.70. The van der Waals surface area contributed by atoms with Crippen LogP contribution in [0.5, 0.6) is 5.88 Å². The Hall–Kier alpha value is -3.33. The minimum atomic E-state index is -4.18. The van der Waals surface area contributed by atoms with Gasteiger partial charge in [-0.25, -0.2) is 4.98 Å². The Morgan fingerprint density at radius 3 is 2.32 bits per heavy atom. The van der Waals surface area contributed by atoms with E-state index in [1.807, 2.05) is 34.6 Å². The summed E-state index contributed by atoms with van der Waals surface area (Å²) < 4.78 is 45.1. The predicted octanol–water partition coefficient (Wildman–Crippen LogP) is 8.33. The number of carbonyl (C=O) groups excluding carboxylic acids is 2. The second-order valence-electron chi connectivity index (χ2n) is 10.9. The maximum atomic E-state index is 13.2. The first-order chi connectivity index (χ1) is 19.3. The van der Waals surface area contributed by atoms with E-state index in [-0.39, 0.29) is 42.0 Å². The van der Waals surface area contributed by atoms with E-state index < -0.39 is 23.4 Å². The Labute approximate surface area is 244 Å². The number of hydrogen-bond donors (Lipinski definition) is 2. The normalized spacial score (nSPS) is 17.3. The molecule has 0 saturated heterocycles. The van der Waals surface area contributed by atoms with Crippen molar-refractivity contribution in [1.82, 2.24) is 10.3 Å². The molecule has 2 amide bonds. The number of benzene rings is 2. The van der Waals surface area contributed by atoms with Crippen molar-refractivity contribution >= 4 is 39.9 Å². The molecule has 222 valence electrons. The Balaban J connectivity index is 0.00000226. The third-order valence-corrected chi connectivity index (χ3v) is 7.17. The summed E-state index contributed by atoms with van der Waals surface area (Å²) >= 11 is 6.33. The summed E-state index contributed by atoms with van der Waals surface area (Å²) in [4.78, 5) is 29.8. The molecule has 41 heavy (non-hydrogen) atoms. The van der Waals surface area contributed by atoms with Gasteiger partial charge < -0.3 is 15.4 Å². The van der Waals surface area contributed by atoms with E-state index in [2.05, 4.69) is 15.6 Å². The largest absolute Gasteiger partial charge is 0.474 e. The molecule has 1 heterocycles. The molecule has 6 nitrogen and oxygen atoms in total. The first kappa shape index (κ1) is 32.2. The lowest BCUT2D eigenvalue weighted by Crippen LogP contribution is -2.34. The maximum Gasteiger partial charge on any atom is 0.391 e. The van der Waals surface area contributed by atoms with Gasteiger partial charge in [0.05, 0.1) is 16.5 Å². The van der Waals surface area contributed by atoms with Crippen molar-refractivity contribution in [2.45, 2.75) is 79.1 Å². The number of ether oxygens (including phenoxy) is 1. The predicted molar refractivity (Wildman–Crippen MR) is 156 cm³/mol. The topological polar surface area (TPSA) is 80.3 Å². The SMILES string of the molecule is CC.CC(C)(C)C(=O)NCc1ccc(Cl)c(C(=O)Nc2cccc3c(OC4CCC(C(F)(F)F)CC4)nccc23)c1. The highest BCUT2D eigenvalue weighted by atomic mass is 35.5. The molecule has 1 aliphatic rings. The van der Waals surface area contributed by atoms with Gasteiger partial charge in [-0.05, 0) is 61.6 Å². The van der Waals surface area contributed by atoms with Gasteiger partial charge in [0, 0.05) is 34.6 Å². The van der Waals surface area contributed by atoms with Crippen LogP contribution in [0, 0.1) is 11.3 Å². The fourth-order valence-corrected chi connectivity index (χ4v) is 4.75. The van der Waals surface area contributed by atoms with Crippen molar-refractivity contribution in [3.8, 4) is 5.88 Å². The van der Waals surface area contributed by atoms with Gasteiger partial charge in [0.25, 0.3) is 5.91 Å². The number of fused-ring (bicyclic) bond motifs is 1. The number of hydrogen-bond acceptors (Lipinski definition) is 4. The number of pyridine rings is 1. The molecule has 3 aromatic rings. The van der Waals surface area contributed by atoms with Crippen LogP contribution in [0.2, 0.25) is 5.02 Å². The van der Waals surface area contributed by atoms with E-state index in [4.69, 9.17) is 16.3 Å². The molecule has 2 N–H and O–H groups in total. The Kier molecular flexibility index (Phi) is 10.6. The van der Waals surface area contributed by atoms with E-state index >= 15 is 0 Å². The van der Waals surface area contributed by atoms with Crippen molar-refractivity contribution in [3.05, 3.63) is 64.8 Å². The Morgan fingerprint density at radius 2 is 1.68 bits per heavy atom. The van der Waals surface area contributed by atoms with Crippen molar-refractivity contribution < 1.29 is 27.5 Å². The first-order valence-electron chi connectivity index (χ1n) is 13.8. The molecule has 1 saturated carbocycles. The summed E-state index contributed by atoms with van der Waals surface area (Å²) in [5, 5.41) is 7.32. The van der Waals surface area contributed by atoms with Gasteiger partial charge in [0.1, 0.15) is 6.10 Å². The molecule has 0 atom stereocenters. The monoisotopic (exact) mass is 591 g/mol. The van der Waals surface area contributed by atoms with Crippen LogP contribution in [0.25, 0.3) is 10.8 Å². The number of nitrogens with zero attached hydrogens (tertiary/aromatic N) is 1. The number of aromatic nitrogens is 1. The lowest BCUT2D eigenvalue weighted by molar-refractivity contribution is -0.185. The zero-order valence-corrected chi connectivity index (χ0v) is 24.7. The van der Waals surface area contributed by atoms with E-state index in [9.17, 15) is 22.8 Å². The summed E-state index contributed by atoms with van der Waals surface area (Å²) in [5.41, 5.74) is 0.942. The minimum Gasteiger partial charge on any atom is -0.474 e. The number of anilines is 1. The van der Waals surface area contributed by atoms with Crippen LogP contribution in [0.1, 0.15) is 76.2 Å². The van der Waals surface area contributed by atoms with Crippen molar-refractivity contribution in [1.29, 1.82) is 0 Å². The fraction of sp³-hybridized carbons (Fsp3) is 0.452. The van der Waals surface area contributed by atoms with E-state index in [0.717, 1.165) is 5.56 Å². The molecule has 0 radical (unpaired) electrons. The zero-order valence-electron chi connectivity index (χ0n) is 24.0. The molecule has 0 spiro atoms. The Morgan fingerprint density at radius 1 is 1.00 bits per heavy atom. The molecule has 2 aromatic carbocycles. The number of halogens is 4. The summed E-state index contributed by atoms with van der Waals surface area (Å²) in [6.07, 6.45) is -2.35. The Bertz CT molecular complexity index is 1360. The van der Waals surface area contributed by atoms with Gasteiger partial charge >= 0.3 is 6.18 Å². The van der Waals surface area contributed by atoms with Gasteiger partial charge in [-0.1, -0.05) is 58.4 Å². The molecule has 0 aliphatic heterocycles. The number of carbonyl (C=O) groups is 2. The standard InChI is InChI=1S/C29H31ClF3N3O3.C2H6/c1-28(2,3)27(38)35-16-17-7-12-23(30)22(15-17)25(37)36-24-6-4-5-21-20(24)13-14-34-26(21)39-19-10-8-18(9-11-19)29(31,32)33;1-2/h4-7,12-15,18-19H,8-11,16H2,1-3H3,(H,35,38)(H,36,37);1-2H3.